The van der Waals surface area contributed by atoms with Crippen LogP contribution >= 0.6 is 0 Å². The van der Waals surface area contributed by atoms with Gasteiger partial charge in [-0.3, -0.25) is 0 Å². The lowest BCUT2D eigenvalue weighted by molar-refractivity contribution is 0.108. The Morgan fingerprint density at radius 3 is 2.46 bits per heavy atom. The molecule has 0 aromatic heterocycles. The third-order valence-electron chi connectivity index (χ3n) is 2.80. The molecular weight excluding hydrogens is 190 g/mol. The highest BCUT2D eigenvalue weighted by Crippen LogP contribution is 2.27. The van der Waals surface area contributed by atoms with E-state index in [4.69, 9.17) is 0 Å². The highest BCUT2D eigenvalue weighted by molar-refractivity contribution is 7.89. The maximum atomic E-state index is 11.5. The summed E-state index contributed by atoms with van der Waals surface area (Å²) in [5.74, 6) is 0.225. The van der Waals surface area contributed by atoms with Gasteiger partial charge in [-0.05, 0) is 19.8 Å². The summed E-state index contributed by atoms with van der Waals surface area (Å²) in [7, 11) is -3.10. The topological polar surface area (TPSA) is 57.6 Å². The fraction of sp³-hybridized carbons (Fsp3) is 1.00. The van der Waals surface area contributed by atoms with Crippen LogP contribution in [0, 0.1) is 0 Å². The minimum atomic E-state index is -3.10. The Kier molecular flexibility index (Phi) is 2.99. The number of hydrogen-bond acceptors (Lipinski definition) is 3. The van der Waals surface area contributed by atoms with E-state index in [2.05, 4.69) is 0 Å². The van der Waals surface area contributed by atoms with E-state index in [-0.39, 0.29) is 12.4 Å². The fourth-order valence-corrected chi connectivity index (χ4v) is 3.59. The van der Waals surface area contributed by atoms with Crippen molar-refractivity contribution in [1.82, 2.24) is 4.31 Å². The van der Waals surface area contributed by atoms with Crippen LogP contribution in [0.3, 0.4) is 0 Å². The molecule has 0 aliphatic carbocycles. The summed E-state index contributed by atoms with van der Waals surface area (Å²) < 4.78 is 24.5. The molecule has 4 nitrogen and oxygen atoms in total. The van der Waals surface area contributed by atoms with Crippen LogP contribution in [0.25, 0.3) is 0 Å². The molecule has 13 heavy (non-hydrogen) atoms. The molecule has 0 bridgehead atoms. The van der Waals surface area contributed by atoms with E-state index in [1.165, 1.54) is 4.31 Å². The first-order valence-electron chi connectivity index (χ1n) is 4.57. The molecular formula is C8H17NO3S. The smallest absolute Gasteiger partial charge is 0.214 e. The average Bonchev–Trinajstić information content (AvgIpc) is 2.44. The molecule has 1 aliphatic rings. The van der Waals surface area contributed by atoms with Crippen molar-refractivity contribution in [2.75, 3.05) is 18.9 Å². The molecule has 0 radical (unpaired) electrons. The zero-order valence-electron chi connectivity index (χ0n) is 8.15. The molecule has 1 heterocycles. The average molecular weight is 207 g/mol. The predicted octanol–water partition coefficient (Wildman–Crippen LogP) is 0.183. The lowest BCUT2D eigenvalue weighted by Crippen LogP contribution is -2.49. The van der Waals surface area contributed by atoms with E-state index in [0.29, 0.717) is 19.4 Å². The lowest BCUT2D eigenvalue weighted by atomic mass is 10.0. The quantitative estimate of drug-likeness (QED) is 0.718. The van der Waals surface area contributed by atoms with Gasteiger partial charge in [0.2, 0.25) is 10.0 Å². The Hall–Kier alpha value is -0.130. The van der Waals surface area contributed by atoms with Gasteiger partial charge in [0.1, 0.15) is 0 Å². The van der Waals surface area contributed by atoms with Crippen LogP contribution in [0.15, 0.2) is 0 Å². The maximum absolute atomic E-state index is 11.5. The van der Waals surface area contributed by atoms with E-state index < -0.39 is 15.6 Å². The molecule has 0 spiro atoms. The maximum Gasteiger partial charge on any atom is 0.214 e. The molecule has 1 rings (SSSR count). The Morgan fingerprint density at radius 1 is 1.54 bits per heavy atom. The second kappa shape index (κ2) is 3.55. The Morgan fingerprint density at radius 2 is 2.15 bits per heavy atom. The van der Waals surface area contributed by atoms with Crippen molar-refractivity contribution in [2.45, 2.75) is 32.2 Å². The van der Waals surface area contributed by atoms with E-state index in [9.17, 15) is 13.5 Å². The largest absolute Gasteiger partial charge is 0.394 e. The SMILES string of the molecule is CCC(C)(CO)N1CCCS1(=O)=O. The van der Waals surface area contributed by atoms with Crippen molar-refractivity contribution in [3.8, 4) is 0 Å². The predicted molar refractivity (Wildman–Crippen MR) is 50.9 cm³/mol. The summed E-state index contributed by atoms with van der Waals surface area (Å²) >= 11 is 0. The molecule has 5 heteroatoms. The van der Waals surface area contributed by atoms with E-state index in [1.807, 2.05) is 6.92 Å². The second-order valence-corrected chi connectivity index (χ2v) is 5.76. The van der Waals surface area contributed by atoms with Crippen LogP contribution in [-0.4, -0.2) is 42.3 Å². The summed E-state index contributed by atoms with van der Waals surface area (Å²) in [4.78, 5) is 0. The van der Waals surface area contributed by atoms with Gasteiger partial charge < -0.3 is 5.11 Å². The highest BCUT2D eigenvalue weighted by Gasteiger charge is 2.40. The zero-order chi connectivity index (χ0) is 10.1. The normalized spacial score (nSPS) is 27.3. The van der Waals surface area contributed by atoms with Gasteiger partial charge in [-0.25, -0.2) is 8.42 Å². The van der Waals surface area contributed by atoms with Gasteiger partial charge in [-0.1, -0.05) is 6.92 Å². The highest BCUT2D eigenvalue weighted by atomic mass is 32.2. The van der Waals surface area contributed by atoms with Gasteiger partial charge >= 0.3 is 0 Å². The molecule has 1 N–H and O–H groups in total. The molecule has 78 valence electrons. The lowest BCUT2D eigenvalue weighted by Gasteiger charge is -2.34. The van der Waals surface area contributed by atoms with Gasteiger partial charge in [0.15, 0.2) is 0 Å². The van der Waals surface area contributed by atoms with Crippen molar-refractivity contribution in [3.05, 3.63) is 0 Å². The van der Waals surface area contributed by atoms with Gasteiger partial charge in [0, 0.05) is 6.54 Å². The van der Waals surface area contributed by atoms with Crippen LogP contribution in [0.4, 0.5) is 0 Å². The van der Waals surface area contributed by atoms with E-state index >= 15 is 0 Å². The number of aliphatic hydroxyl groups is 1. The van der Waals surface area contributed by atoms with Crippen LogP contribution in [0.2, 0.25) is 0 Å². The Labute approximate surface area is 79.6 Å². The van der Waals surface area contributed by atoms with E-state index in [1.54, 1.807) is 6.92 Å². The van der Waals surface area contributed by atoms with Crippen molar-refractivity contribution in [1.29, 1.82) is 0 Å². The first-order valence-corrected chi connectivity index (χ1v) is 6.18. The Bertz CT molecular complexity index is 269. The summed E-state index contributed by atoms with van der Waals surface area (Å²) in [5.41, 5.74) is -0.602. The van der Waals surface area contributed by atoms with Crippen LogP contribution in [0.5, 0.6) is 0 Å². The molecule has 1 saturated heterocycles. The summed E-state index contributed by atoms with van der Waals surface area (Å²) in [6.45, 7) is 4.12. The molecule has 0 amide bonds. The minimum absolute atomic E-state index is 0.108. The Balaban J connectivity index is 2.93. The molecule has 1 unspecified atom stereocenters. The standard InChI is InChI=1S/C8H17NO3S/c1-3-8(2,7-10)9-5-4-6-13(9,11)12/h10H,3-7H2,1-2H3. The van der Waals surface area contributed by atoms with Crippen molar-refractivity contribution < 1.29 is 13.5 Å². The summed E-state index contributed by atoms with van der Waals surface area (Å²) in [6.07, 6.45) is 1.32. The fourth-order valence-electron chi connectivity index (χ4n) is 1.61. The number of aliphatic hydroxyl groups excluding tert-OH is 1. The van der Waals surface area contributed by atoms with Crippen LogP contribution < -0.4 is 0 Å². The van der Waals surface area contributed by atoms with Gasteiger partial charge in [-0.15, -0.1) is 0 Å². The van der Waals surface area contributed by atoms with Gasteiger partial charge in [0.05, 0.1) is 17.9 Å². The first kappa shape index (κ1) is 10.9. The molecule has 0 aromatic rings. The number of rotatable bonds is 3. The number of nitrogens with zero attached hydrogens (tertiary/aromatic N) is 1. The third-order valence-corrected chi connectivity index (χ3v) is 4.90. The van der Waals surface area contributed by atoms with Gasteiger partial charge in [-0.2, -0.15) is 4.31 Å². The minimum Gasteiger partial charge on any atom is -0.394 e. The molecule has 1 fully saturated rings. The van der Waals surface area contributed by atoms with Crippen molar-refractivity contribution in [2.24, 2.45) is 0 Å². The molecule has 0 aromatic carbocycles. The van der Waals surface area contributed by atoms with Crippen molar-refractivity contribution >= 4 is 10.0 Å². The monoisotopic (exact) mass is 207 g/mol. The summed E-state index contributed by atoms with van der Waals surface area (Å²) in [6, 6.07) is 0. The second-order valence-electron chi connectivity index (χ2n) is 3.75. The van der Waals surface area contributed by atoms with E-state index in [0.717, 1.165) is 0 Å². The van der Waals surface area contributed by atoms with Crippen LogP contribution in [0.1, 0.15) is 26.7 Å². The molecule has 0 saturated carbocycles. The number of sulfonamides is 1. The zero-order valence-corrected chi connectivity index (χ0v) is 8.97. The van der Waals surface area contributed by atoms with Gasteiger partial charge in [0.25, 0.3) is 0 Å². The molecule has 1 atom stereocenters. The van der Waals surface area contributed by atoms with Crippen LogP contribution in [-0.2, 0) is 10.0 Å². The summed E-state index contributed by atoms with van der Waals surface area (Å²) in [5, 5.41) is 9.17. The number of hydrogen-bond donors (Lipinski definition) is 1. The van der Waals surface area contributed by atoms with Crippen molar-refractivity contribution in [3.63, 3.8) is 0 Å². The molecule has 1 aliphatic heterocycles. The first-order chi connectivity index (χ1) is 5.96. The third kappa shape index (κ3) is 1.87.